The molecule has 0 unspecified atom stereocenters. The summed E-state index contributed by atoms with van der Waals surface area (Å²) in [5, 5.41) is 0.719. The van der Waals surface area contributed by atoms with Gasteiger partial charge in [0.1, 0.15) is 0 Å². The van der Waals surface area contributed by atoms with E-state index in [1.807, 2.05) is 31.3 Å². The molecule has 0 aliphatic carbocycles. The van der Waals surface area contributed by atoms with Crippen molar-refractivity contribution in [2.24, 2.45) is 11.1 Å². The standard InChI is InChI=1S/C15H23ClN2O.ClH/c1-15(2,10-17)11-18(3)14(19)9-6-12-4-7-13(16)8-5-12;/h4-5,7-8H,6,9-11,17H2,1-3H3;1H. The van der Waals surface area contributed by atoms with E-state index < -0.39 is 0 Å². The van der Waals surface area contributed by atoms with Crippen molar-refractivity contribution in [1.29, 1.82) is 0 Å². The van der Waals surface area contributed by atoms with E-state index in [-0.39, 0.29) is 23.7 Å². The van der Waals surface area contributed by atoms with Gasteiger partial charge in [-0.3, -0.25) is 4.79 Å². The van der Waals surface area contributed by atoms with Crippen LogP contribution < -0.4 is 5.73 Å². The monoisotopic (exact) mass is 318 g/mol. The van der Waals surface area contributed by atoms with Gasteiger partial charge in [-0.2, -0.15) is 0 Å². The number of hydrogen-bond donors (Lipinski definition) is 1. The lowest BCUT2D eigenvalue weighted by Gasteiger charge is -2.29. The normalized spacial score (nSPS) is 10.8. The molecule has 114 valence electrons. The summed E-state index contributed by atoms with van der Waals surface area (Å²) in [6.45, 7) is 5.39. The van der Waals surface area contributed by atoms with Gasteiger partial charge in [0.2, 0.25) is 5.91 Å². The molecule has 0 spiro atoms. The van der Waals surface area contributed by atoms with Crippen molar-refractivity contribution >= 4 is 29.9 Å². The highest BCUT2D eigenvalue weighted by Gasteiger charge is 2.20. The molecule has 20 heavy (non-hydrogen) atoms. The van der Waals surface area contributed by atoms with Crippen LogP contribution in [0.3, 0.4) is 0 Å². The van der Waals surface area contributed by atoms with Crippen LogP contribution in [0.5, 0.6) is 0 Å². The van der Waals surface area contributed by atoms with Gasteiger partial charge in [0.25, 0.3) is 0 Å². The minimum Gasteiger partial charge on any atom is -0.345 e. The van der Waals surface area contributed by atoms with Crippen LogP contribution in [0.4, 0.5) is 0 Å². The molecule has 0 bridgehead atoms. The van der Waals surface area contributed by atoms with Gasteiger partial charge < -0.3 is 10.6 Å². The summed E-state index contributed by atoms with van der Waals surface area (Å²) < 4.78 is 0. The second-order valence-corrected chi connectivity index (χ2v) is 6.18. The van der Waals surface area contributed by atoms with E-state index in [9.17, 15) is 4.79 Å². The maximum atomic E-state index is 12.0. The second kappa shape index (κ2) is 8.50. The Kier molecular flexibility index (Phi) is 8.17. The molecule has 1 aromatic carbocycles. The lowest BCUT2D eigenvalue weighted by atomic mass is 9.93. The molecule has 0 aliphatic heterocycles. The molecule has 0 radical (unpaired) electrons. The lowest BCUT2D eigenvalue weighted by molar-refractivity contribution is -0.131. The quantitative estimate of drug-likeness (QED) is 0.875. The largest absolute Gasteiger partial charge is 0.345 e. The van der Waals surface area contributed by atoms with Crippen molar-refractivity contribution in [3.05, 3.63) is 34.9 Å². The van der Waals surface area contributed by atoms with Gasteiger partial charge in [-0.1, -0.05) is 37.6 Å². The summed E-state index contributed by atoms with van der Waals surface area (Å²) in [5.74, 6) is 0.150. The first-order valence-corrected chi connectivity index (χ1v) is 6.90. The highest BCUT2D eigenvalue weighted by atomic mass is 35.5. The maximum absolute atomic E-state index is 12.0. The first-order valence-electron chi connectivity index (χ1n) is 6.52. The average Bonchev–Trinajstić information content (AvgIpc) is 2.37. The Morgan fingerprint density at radius 2 is 1.85 bits per heavy atom. The second-order valence-electron chi connectivity index (χ2n) is 5.74. The van der Waals surface area contributed by atoms with E-state index in [1.165, 1.54) is 0 Å². The van der Waals surface area contributed by atoms with Gasteiger partial charge in [-0.25, -0.2) is 0 Å². The summed E-state index contributed by atoms with van der Waals surface area (Å²) in [4.78, 5) is 13.8. The first kappa shape index (κ1) is 19.2. The van der Waals surface area contributed by atoms with Crippen LogP contribution in [0.25, 0.3) is 0 Å². The van der Waals surface area contributed by atoms with Gasteiger partial charge in [0, 0.05) is 25.0 Å². The van der Waals surface area contributed by atoms with E-state index in [0.29, 0.717) is 19.5 Å². The number of carbonyl (C=O) groups is 1. The Balaban J connectivity index is 0.00000361. The fraction of sp³-hybridized carbons (Fsp3) is 0.533. The summed E-state index contributed by atoms with van der Waals surface area (Å²) in [6.07, 6.45) is 1.25. The van der Waals surface area contributed by atoms with E-state index in [2.05, 4.69) is 13.8 Å². The van der Waals surface area contributed by atoms with Crippen LogP contribution in [-0.2, 0) is 11.2 Å². The zero-order valence-corrected chi connectivity index (χ0v) is 13.9. The van der Waals surface area contributed by atoms with Crippen LogP contribution in [0.15, 0.2) is 24.3 Å². The molecule has 2 N–H and O–H groups in total. The zero-order valence-electron chi connectivity index (χ0n) is 12.4. The van der Waals surface area contributed by atoms with E-state index in [1.54, 1.807) is 4.90 Å². The molecule has 0 saturated heterocycles. The summed E-state index contributed by atoms with van der Waals surface area (Å²) in [6, 6.07) is 7.62. The van der Waals surface area contributed by atoms with Gasteiger partial charge in [0.15, 0.2) is 0 Å². The Morgan fingerprint density at radius 1 is 1.30 bits per heavy atom. The van der Waals surface area contributed by atoms with Crippen molar-refractivity contribution in [2.75, 3.05) is 20.1 Å². The average molecular weight is 319 g/mol. The number of hydrogen-bond acceptors (Lipinski definition) is 2. The molecule has 0 saturated carbocycles. The molecule has 1 aromatic rings. The van der Waals surface area contributed by atoms with Crippen LogP contribution in [0, 0.1) is 5.41 Å². The highest BCUT2D eigenvalue weighted by molar-refractivity contribution is 6.30. The number of nitrogens with two attached hydrogens (primary N) is 1. The first-order chi connectivity index (χ1) is 8.84. The van der Waals surface area contributed by atoms with Crippen molar-refractivity contribution in [3.8, 4) is 0 Å². The number of rotatable bonds is 6. The summed E-state index contributed by atoms with van der Waals surface area (Å²) in [5.41, 5.74) is 6.78. The van der Waals surface area contributed by atoms with Crippen LogP contribution in [0.1, 0.15) is 25.8 Å². The third-order valence-corrected chi connectivity index (χ3v) is 3.44. The van der Waals surface area contributed by atoms with Crippen molar-refractivity contribution in [1.82, 2.24) is 4.90 Å². The summed E-state index contributed by atoms with van der Waals surface area (Å²) in [7, 11) is 1.83. The van der Waals surface area contributed by atoms with Gasteiger partial charge in [0.05, 0.1) is 0 Å². The molecule has 0 aliphatic rings. The van der Waals surface area contributed by atoms with Gasteiger partial charge in [-0.15, -0.1) is 12.4 Å². The van der Waals surface area contributed by atoms with Crippen molar-refractivity contribution in [2.45, 2.75) is 26.7 Å². The molecule has 0 fully saturated rings. The molecule has 0 heterocycles. The van der Waals surface area contributed by atoms with Crippen molar-refractivity contribution in [3.63, 3.8) is 0 Å². The number of benzene rings is 1. The lowest BCUT2D eigenvalue weighted by Crippen LogP contribution is -2.39. The third-order valence-electron chi connectivity index (χ3n) is 3.18. The molecule has 3 nitrogen and oxygen atoms in total. The fourth-order valence-corrected chi connectivity index (χ4v) is 2.01. The van der Waals surface area contributed by atoms with E-state index >= 15 is 0 Å². The number of halogens is 2. The van der Waals surface area contributed by atoms with Gasteiger partial charge >= 0.3 is 0 Å². The van der Waals surface area contributed by atoms with E-state index in [0.717, 1.165) is 17.0 Å². The highest BCUT2D eigenvalue weighted by Crippen LogP contribution is 2.15. The number of nitrogens with zero attached hydrogens (tertiary/aromatic N) is 1. The number of aryl methyl sites for hydroxylation is 1. The molecule has 1 rings (SSSR count). The Labute approximate surface area is 132 Å². The topological polar surface area (TPSA) is 46.3 Å². The van der Waals surface area contributed by atoms with Crippen LogP contribution in [0.2, 0.25) is 5.02 Å². The molecule has 0 aromatic heterocycles. The molecular weight excluding hydrogens is 295 g/mol. The minimum absolute atomic E-state index is 0. The summed E-state index contributed by atoms with van der Waals surface area (Å²) >= 11 is 5.83. The number of amides is 1. The predicted octanol–water partition coefficient (Wildman–Crippen LogP) is 3.14. The van der Waals surface area contributed by atoms with Crippen LogP contribution in [-0.4, -0.2) is 30.9 Å². The third kappa shape index (κ3) is 6.60. The molecule has 0 atom stereocenters. The van der Waals surface area contributed by atoms with E-state index in [4.69, 9.17) is 17.3 Å². The number of carbonyl (C=O) groups excluding carboxylic acids is 1. The minimum atomic E-state index is -0.0370. The Morgan fingerprint density at radius 3 is 2.35 bits per heavy atom. The Hall–Kier alpha value is -0.770. The Bertz CT molecular complexity index is 418. The fourth-order valence-electron chi connectivity index (χ4n) is 1.89. The van der Waals surface area contributed by atoms with Gasteiger partial charge in [-0.05, 0) is 36.1 Å². The zero-order chi connectivity index (χ0) is 14.5. The SMILES string of the molecule is CN(CC(C)(C)CN)C(=O)CCc1ccc(Cl)cc1.Cl. The van der Waals surface area contributed by atoms with Crippen LogP contribution >= 0.6 is 24.0 Å². The molecule has 5 heteroatoms. The maximum Gasteiger partial charge on any atom is 0.222 e. The predicted molar refractivity (Wildman–Crippen MR) is 87.5 cm³/mol. The molecular formula is C15H24Cl2N2O. The smallest absolute Gasteiger partial charge is 0.222 e. The molecule has 1 amide bonds. The van der Waals surface area contributed by atoms with Crippen molar-refractivity contribution < 1.29 is 4.79 Å².